The smallest absolute Gasteiger partial charge is 0.257 e. The SMILES string of the molecule is COc1cc(Cl)ccc1C(=O)N1CCNC[C@H]1C. The van der Waals surface area contributed by atoms with E-state index in [1.807, 2.05) is 11.8 Å². The van der Waals surface area contributed by atoms with E-state index in [1.165, 1.54) is 0 Å². The fourth-order valence-electron chi connectivity index (χ4n) is 2.14. The summed E-state index contributed by atoms with van der Waals surface area (Å²) in [5.41, 5.74) is 0.565. The third-order valence-corrected chi connectivity index (χ3v) is 3.39. The number of carbonyl (C=O) groups is 1. The van der Waals surface area contributed by atoms with E-state index in [0.717, 1.165) is 13.1 Å². The Morgan fingerprint density at radius 1 is 1.56 bits per heavy atom. The zero-order valence-corrected chi connectivity index (χ0v) is 11.3. The molecule has 0 aliphatic carbocycles. The van der Waals surface area contributed by atoms with Crippen LogP contribution in [0, 0.1) is 0 Å². The summed E-state index contributed by atoms with van der Waals surface area (Å²) in [5, 5.41) is 3.83. The van der Waals surface area contributed by atoms with Gasteiger partial charge >= 0.3 is 0 Å². The quantitative estimate of drug-likeness (QED) is 0.889. The summed E-state index contributed by atoms with van der Waals surface area (Å²) < 4.78 is 5.23. The van der Waals surface area contributed by atoms with Crippen LogP contribution in [0.3, 0.4) is 0 Å². The summed E-state index contributed by atoms with van der Waals surface area (Å²) in [5.74, 6) is 0.524. The van der Waals surface area contributed by atoms with Gasteiger partial charge in [0, 0.05) is 30.7 Å². The number of hydrogen-bond acceptors (Lipinski definition) is 3. The minimum atomic E-state index is -0.00230. The number of ether oxygens (including phenoxy) is 1. The van der Waals surface area contributed by atoms with Crippen LogP contribution in [0.4, 0.5) is 0 Å². The van der Waals surface area contributed by atoms with Gasteiger partial charge in [-0.05, 0) is 25.1 Å². The monoisotopic (exact) mass is 268 g/mol. The third-order valence-electron chi connectivity index (χ3n) is 3.16. The van der Waals surface area contributed by atoms with E-state index >= 15 is 0 Å². The van der Waals surface area contributed by atoms with E-state index < -0.39 is 0 Å². The Balaban J connectivity index is 2.27. The van der Waals surface area contributed by atoms with E-state index in [4.69, 9.17) is 16.3 Å². The van der Waals surface area contributed by atoms with Gasteiger partial charge in [0.1, 0.15) is 5.75 Å². The molecule has 2 rings (SSSR count). The maximum absolute atomic E-state index is 12.5. The molecule has 98 valence electrons. The third kappa shape index (κ3) is 2.60. The van der Waals surface area contributed by atoms with Gasteiger partial charge in [-0.2, -0.15) is 0 Å². The van der Waals surface area contributed by atoms with Crippen LogP contribution in [0.2, 0.25) is 5.02 Å². The molecular formula is C13H17ClN2O2. The summed E-state index contributed by atoms with van der Waals surface area (Å²) in [6.45, 7) is 4.39. The first-order valence-electron chi connectivity index (χ1n) is 5.98. The number of piperazine rings is 1. The lowest BCUT2D eigenvalue weighted by molar-refractivity contribution is 0.0652. The largest absolute Gasteiger partial charge is 0.496 e. The number of rotatable bonds is 2. The molecule has 0 saturated carbocycles. The van der Waals surface area contributed by atoms with Crippen molar-refractivity contribution in [2.45, 2.75) is 13.0 Å². The van der Waals surface area contributed by atoms with Gasteiger partial charge in [-0.1, -0.05) is 11.6 Å². The highest BCUT2D eigenvalue weighted by molar-refractivity contribution is 6.30. The van der Waals surface area contributed by atoms with Crippen molar-refractivity contribution in [1.29, 1.82) is 0 Å². The molecule has 1 heterocycles. The number of hydrogen-bond donors (Lipinski definition) is 1. The molecule has 0 aromatic heterocycles. The molecule has 1 aromatic rings. The molecule has 1 amide bonds. The van der Waals surface area contributed by atoms with Crippen molar-refractivity contribution in [3.63, 3.8) is 0 Å². The Labute approximate surface area is 112 Å². The van der Waals surface area contributed by atoms with Crippen LogP contribution in [0.15, 0.2) is 18.2 Å². The van der Waals surface area contributed by atoms with Crippen molar-refractivity contribution < 1.29 is 9.53 Å². The molecule has 18 heavy (non-hydrogen) atoms. The van der Waals surface area contributed by atoms with E-state index in [-0.39, 0.29) is 11.9 Å². The molecule has 1 aliphatic heterocycles. The molecule has 1 atom stereocenters. The van der Waals surface area contributed by atoms with Gasteiger partial charge in [0.15, 0.2) is 0 Å². The maximum Gasteiger partial charge on any atom is 0.257 e. The maximum atomic E-state index is 12.5. The van der Waals surface area contributed by atoms with E-state index in [9.17, 15) is 4.79 Å². The fraction of sp³-hybridized carbons (Fsp3) is 0.462. The normalized spacial score (nSPS) is 19.7. The van der Waals surface area contributed by atoms with Crippen molar-refractivity contribution in [3.05, 3.63) is 28.8 Å². The van der Waals surface area contributed by atoms with Gasteiger partial charge < -0.3 is 15.0 Å². The lowest BCUT2D eigenvalue weighted by atomic mass is 10.1. The van der Waals surface area contributed by atoms with Gasteiger partial charge in [-0.15, -0.1) is 0 Å². The highest BCUT2D eigenvalue weighted by Gasteiger charge is 2.26. The van der Waals surface area contributed by atoms with Crippen LogP contribution in [0.25, 0.3) is 0 Å². The second kappa shape index (κ2) is 5.59. The standard InChI is InChI=1S/C13H17ClN2O2/c1-9-8-15-5-6-16(9)13(17)11-4-3-10(14)7-12(11)18-2/h3-4,7,9,15H,5-6,8H2,1-2H3/t9-/m1/s1. The molecule has 0 spiro atoms. The summed E-state index contributed by atoms with van der Waals surface area (Å²) in [6, 6.07) is 5.29. The van der Waals surface area contributed by atoms with Crippen molar-refractivity contribution in [2.24, 2.45) is 0 Å². The summed E-state index contributed by atoms with van der Waals surface area (Å²) in [7, 11) is 1.55. The first kappa shape index (κ1) is 13.2. The van der Waals surface area contributed by atoms with Crippen LogP contribution in [0.1, 0.15) is 17.3 Å². The second-order valence-electron chi connectivity index (χ2n) is 4.40. The van der Waals surface area contributed by atoms with Gasteiger partial charge in [0.05, 0.1) is 12.7 Å². The number of nitrogens with one attached hydrogen (secondary N) is 1. The molecule has 1 aliphatic rings. The van der Waals surface area contributed by atoms with Gasteiger partial charge in [0.2, 0.25) is 0 Å². The zero-order chi connectivity index (χ0) is 13.1. The molecule has 0 unspecified atom stereocenters. The Morgan fingerprint density at radius 2 is 2.33 bits per heavy atom. The average Bonchev–Trinajstić information content (AvgIpc) is 2.38. The summed E-state index contributed by atoms with van der Waals surface area (Å²) >= 11 is 5.90. The van der Waals surface area contributed by atoms with Gasteiger partial charge in [0.25, 0.3) is 5.91 Å². The fourth-order valence-corrected chi connectivity index (χ4v) is 2.30. The van der Waals surface area contributed by atoms with Gasteiger partial charge in [-0.25, -0.2) is 0 Å². The Bertz CT molecular complexity index is 451. The average molecular weight is 269 g/mol. The van der Waals surface area contributed by atoms with Crippen LogP contribution in [-0.4, -0.2) is 43.6 Å². The van der Waals surface area contributed by atoms with Crippen LogP contribution in [-0.2, 0) is 0 Å². The first-order chi connectivity index (χ1) is 8.63. The zero-order valence-electron chi connectivity index (χ0n) is 10.6. The molecule has 1 N–H and O–H groups in total. The van der Waals surface area contributed by atoms with Crippen molar-refractivity contribution in [1.82, 2.24) is 10.2 Å². The molecule has 0 radical (unpaired) electrons. The van der Waals surface area contributed by atoms with Crippen molar-refractivity contribution in [2.75, 3.05) is 26.7 Å². The topological polar surface area (TPSA) is 41.6 Å². The molecule has 0 bridgehead atoms. The predicted octanol–water partition coefficient (Wildman–Crippen LogP) is 1.78. The summed E-state index contributed by atoms with van der Waals surface area (Å²) in [6.07, 6.45) is 0. The second-order valence-corrected chi connectivity index (χ2v) is 4.83. The molecule has 1 fully saturated rings. The Kier molecular flexibility index (Phi) is 4.09. The highest BCUT2D eigenvalue weighted by atomic mass is 35.5. The molecule has 4 nitrogen and oxygen atoms in total. The van der Waals surface area contributed by atoms with Gasteiger partial charge in [-0.3, -0.25) is 4.79 Å². The molecule has 1 saturated heterocycles. The van der Waals surface area contributed by atoms with Crippen LogP contribution in [0.5, 0.6) is 5.75 Å². The minimum Gasteiger partial charge on any atom is -0.496 e. The van der Waals surface area contributed by atoms with E-state index in [2.05, 4.69) is 5.32 Å². The molecular weight excluding hydrogens is 252 g/mol. The van der Waals surface area contributed by atoms with Crippen molar-refractivity contribution >= 4 is 17.5 Å². The number of amides is 1. The lowest BCUT2D eigenvalue weighted by Gasteiger charge is -2.34. The molecule has 1 aromatic carbocycles. The van der Waals surface area contributed by atoms with Crippen LogP contribution < -0.4 is 10.1 Å². The number of carbonyl (C=O) groups excluding carboxylic acids is 1. The number of benzene rings is 1. The summed E-state index contributed by atoms with van der Waals surface area (Å²) in [4.78, 5) is 14.3. The lowest BCUT2D eigenvalue weighted by Crippen LogP contribution is -2.52. The number of methoxy groups -OCH3 is 1. The van der Waals surface area contributed by atoms with Crippen molar-refractivity contribution in [3.8, 4) is 5.75 Å². The number of nitrogens with zero attached hydrogens (tertiary/aromatic N) is 1. The Hall–Kier alpha value is -1.26. The number of halogens is 1. The van der Waals surface area contributed by atoms with E-state index in [0.29, 0.717) is 22.9 Å². The van der Waals surface area contributed by atoms with E-state index in [1.54, 1.807) is 25.3 Å². The minimum absolute atomic E-state index is 0.00230. The highest BCUT2D eigenvalue weighted by Crippen LogP contribution is 2.25. The van der Waals surface area contributed by atoms with Crippen LogP contribution >= 0.6 is 11.6 Å². The first-order valence-corrected chi connectivity index (χ1v) is 6.36. The Morgan fingerprint density at radius 3 is 3.00 bits per heavy atom. The molecule has 5 heteroatoms. The predicted molar refractivity (Wildman–Crippen MR) is 71.4 cm³/mol.